The van der Waals surface area contributed by atoms with Crippen LogP contribution in [0.4, 0.5) is 0 Å². The molecule has 11 heteroatoms. The van der Waals surface area contributed by atoms with E-state index in [0.29, 0.717) is 18.4 Å². The monoisotopic (exact) mass is 449 g/mol. The number of nitrogens with zero attached hydrogens (tertiary/aromatic N) is 1. The molecule has 1 saturated heterocycles. The molecule has 0 aliphatic carbocycles. The number of hydrogen-bond acceptors (Lipinski definition) is 6. The van der Waals surface area contributed by atoms with Crippen LogP contribution in [0.2, 0.25) is 0 Å². The standard InChI is InChI=1S/C21H29N5O6/c1-12(27)24-16(11-18(22)29)21(32)26-9-3-4-17(26)20(31)25-15(19(30)23-2)10-13-5-7-14(28)8-6-13/h5-8,15-17,28H,3-4,9-11H2,1-2H3,(H2,22,29)(H,23,30)(H,24,27)(H,25,31)/t15-,16-,17-/m0/s1/i7D,8D. The van der Waals surface area contributed by atoms with Crippen molar-refractivity contribution in [3.63, 3.8) is 0 Å². The van der Waals surface area contributed by atoms with Gasteiger partial charge in [-0.25, -0.2) is 0 Å². The van der Waals surface area contributed by atoms with E-state index >= 15 is 0 Å². The average Bonchev–Trinajstić information content (AvgIpc) is 3.24. The van der Waals surface area contributed by atoms with Crippen LogP contribution in [0.15, 0.2) is 24.2 Å². The first-order valence-corrected chi connectivity index (χ1v) is 10.1. The first-order chi connectivity index (χ1) is 15.9. The van der Waals surface area contributed by atoms with Gasteiger partial charge in [0.05, 0.1) is 9.16 Å². The Labute approximate surface area is 188 Å². The molecule has 1 fully saturated rings. The van der Waals surface area contributed by atoms with Crippen molar-refractivity contribution >= 4 is 29.5 Å². The van der Waals surface area contributed by atoms with Crippen molar-refractivity contribution in [2.24, 2.45) is 5.73 Å². The third-order valence-corrected chi connectivity index (χ3v) is 5.03. The molecule has 5 amide bonds. The lowest BCUT2D eigenvalue weighted by Crippen LogP contribution is -2.56. The second-order valence-electron chi connectivity index (χ2n) is 7.49. The van der Waals surface area contributed by atoms with Gasteiger partial charge in [-0.05, 0) is 30.5 Å². The quantitative estimate of drug-likeness (QED) is 0.308. The molecule has 1 aromatic rings. The van der Waals surface area contributed by atoms with Crippen molar-refractivity contribution in [3.8, 4) is 5.75 Å². The summed E-state index contributed by atoms with van der Waals surface area (Å²) in [6, 6.07) is -1.19. The lowest BCUT2D eigenvalue weighted by molar-refractivity contribution is -0.142. The molecule has 1 aromatic carbocycles. The van der Waals surface area contributed by atoms with E-state index in [9.17, 15) is 29.1 Å². The predicted molar refractivity (Wildman–Crippen MR) is 114 cm³/mol. The Balaban J connectivity index is 2.20. The molecule has 0 aromatic heterocycles. The molecular weight excluding hydrogens is 418 g/mol. The average molecular weight is 450 g/mol. The summed E-state index contributed by atoms with van der Waals surface area (Å²) < 4.78 is 15.4. The Morgan fingerprint density at radius 3 is 2.44 bits per heavy atom. The first kappa shape index (κ1) is 21.6. The number of nitrogens with two attached hydrogens (primary N) is 1. The number of amides is 5. The molecule has 0 saturated carbocycles. The Hall–Kier alpha value is -3.63. The summed E-state index contributed by atoms with van der Waals surface area (Å²) in [4.78, 5) is 62.5. The topological polar surface area (TPSA) is 171 Å². The van der Waals surface area contributed by atoms with Crippen molar-refractivity contribution in [3.05, 3.63) is 29.8 Å². The molecule has 0 radical (unpaired) electrons. The SMILES string of the molecule is [2H]c1cc(C[C@H](NC(=O)[C@@H]2CCCN2C(=O)[C@H](CC(N)=O)NC(C)=O)C(=O)NC)cc([2H])c1O. The van der Waals surface area contributed by atoms with E-state index in [2.05, 4.69) is 16.0 Å². The van der Waals surface area contributed by atoms with Gasteiger partial charge in [0.25, 0.3) is 0 Å². The normalized spacial score (nSPS) is 18.1. The molecule has 1 aliphatic rings. The van der Waals surface area contributed by atoms with Gasteiger partial charge in [0, 0.05) is 26.9 Å². The molecule has 32 heavy (non-hydrogen) atoms. The van der Waals surface area contributed by atoms with Crippen LogP contribution >= 0.6 is 0 Å². The highest BCUT2D eigenvalue weighted by atomic mass is 16.3. The fourth-order valence-electron chi connectivity index (χ4n) is 3.56. The van der Waals surface area contributed by atoms with Crippen LogP contribution in [0.1, 0.15) is 34.5 Å². The summed E-state index contributed by atoms with van der Waals surface area (Å²) in [5.41, 5.74) is 5.57. The van der Waals surface area contributed by atoms with E-state index in [1.54, 1.807) is 0 Å². The molecule has 0 unspecified atom stereocenters. The Morgan fingerprint density at radius 1 is 1.22 bits per heavy atom. The lowest BCUT2D eigenvalue weighted by atomic mass is 10.0. The van der Waals surface area contributed by atoms with Gasteiger partial charge in [0.2, 0.25) is 29.5 Å². The third-order valence-electron chi connectivity index (χ3n) is 5.03. The number of phenols is 1. The first-order valence-electron chi connectivity index (χ1n) is 11.1. The minimum absolute atomic E-state index is 0.0552. The number of likely N-dealkylation sites (tertiary alicyclic amines) is 1. The van der Waals surface area contributed by atoms with Crippen molar-refractivity contribution < 1.29 is 31.8 Å². The molecular formula is C21H29N5O6. The van der Waals surface area contributed by atoms with E-state index in [-0.39, 0.29) is 25.1 Å². The maximum atomic E-state index is 13.1. The fraction of sp³-hybridized carbons (Fsp3) is 0.476. The number of carbonyl (C=O) groups excluding carboxylic acids is 5. The number of carbonyl (C=O) groups is 5. The molecule has 6 N–H and O–H groups in total. The van der Waals surface area contributed by atoms with E-state index < -0.39 is 59.8 Å². The molecule has 2 rings (SSSR count). The number of aromatic hydroxyl groups is 1. The van der Waals surface area contributed by atoms with E-state index in [0.717, 1.165) is 0 Å². The van der Waals surface area contributed by atoms with Crippen molar-refractivity contribution in [1.82, 2.24) is 20.9 Å². The van der Waals surface area contributed by atoms with Crippen molar-refractivity contribution in [1.29, 1.82) is 0 Å². The van der Waals surface area contributed by atoms with Crippen LogP contribution in [-0.4, -0.2) is 71.3 Å². The fourth-order valence-corrected chi connectivity index (χ4v) is 3.56. The highest BCUT2D eigenvalue weighted by Crippen LogP contribution is 2.20. The number of primary amides is 1. The number of likely N-dealkylation sites (N-methyl/N-ethyl adjacent to an activating group) is 1. The minimum atomic E-state index is -1.21. The lowest BCUT2D eigenvalue weighted by Gasteiger charge is -2.29. The summed E-state index contributed by atoms with van der Waals surface area (Å²) >= 11 is 0. The number of phenolic OH excluding ortho intramolecular Hbond substituents is 1. The van der Waals surface area contributed by atoms with Gasteiger partial charge in [-0.15, -0.1) is 0 Å². The second-order valence-corrected chi connectivity index (χ2v) is 7.49. The van der Waals surface area contributed by atoms with Gasteiger partial charge < -0.3 is 31.7 Å². The number of nitrogens with one attached hydrogen (secondary N) is 3. The van der Waals surface area contributed by atoms with E-state index in [1.165, 1.54) is 31.0 Å². The molecule has 1 heterocycles. The summed E-state index contributed by atoms with van der Waals surface area (Å²) in [5.74, 6) is -3.57. The Kier molecular flexibility index (Phi) is 7.51. The van der Waals surface area contributed by atoms with Gasteiger partial charge in [0.1, 0.15) is 23.9 Å². The van der Waals surface area contributed by atoms with Gasteiger partial charge in [-0.1, -0.05) is 12.1 Å². The maximum absolute atomic E-state index is 13.1. The highest BCUT2D eigenvalue weighted by Gasteiger charge is 2.39. The molecule has 3 atom stereocenters. The van der Waals surface area contributed by atoms with Crippen molar-refractivity contribution in [2.75, 3.05) is 13.6 Å². The second kappa shape index (κ2) is 11.1. The summed E-state index contributed by atoms with van der Waals surface area (Å²) in [6.07, 6.45) is 0.338. The zero-order chi connectivity index (χ0) is 25.6. The molecule has 0 spiro atoms. The number of rotatable bonds is 9. The molecule has 11 nitrogen and oxygen atoms in total. The Bertz CT molecular complexity index is 949. The summed E-state index contributed by atoms with van der Waals surface area (Å²) in [5, 5.41) is 17.1. The van der Waals surface area contributed by atoms with Crippen LogP contribution in [-0.2, 0) is 30.4 Å². The number of hydrogen-bond donors (Lipinski definition) is 5. The van der Waals surface area contributed by atoms with Crippen molar-refractivity contribution in [2.45, 2.75) is 50.7 Å². The van der Waals surface area contributed by atoms with Crippen LogP contribution in [0, 0.1) is 0 Å². The minimum Gasteiger partial charge on any atom is -0.508 e. The third kappa shape index (κ3) is 6.69. The van der Waals surface area contributed by atoms with E-state index in [4.69, 9.17) is 8.48 Å². The zero-order valence-electron chi connectivity index (χ0n) is 19.9. The van der Waals surface area contributed by atoms with Gasteiger partial charge >= 0.3 is 0 Å². The molecule has 0 bridgehead atoms. The highest BCUT2D eigenvalue weighted by molar-refractivity contribution is 5.96. The maximum Gasteiger partial charge on any atom is 0.246 e. The van der Waals surface area contributed by atoms with Crippen LogP contribution < -0.4 is 21.7 Å². The largest absolute Gasteiger partial charge is 0.508 e. The van der Waals surface area contributed by atoms with Crippen LogP contribution in [0.5, 0.6) is 5.75 Å². The van der Waals surface area contributed by atoms with Gasteiger partial charge in [-0.2, -0.15) is 0 Å². The summed E-state index contributed by atoms with van der Waals surface area (Å²) in [6.45, 7) is 1.41. The smallest absolute Gasteiger partial charge is 0.246 e. The van der Waals surface area contributed by atoms with E-state index in [1.807, 2.05) is 0 Å². The van der Waals surface area contributed by atoms with Gasteiger partial charge in [-0.3, -0.25) is 24.0 Å². The summed E-state index contributed by atoms with van der Waals surface area (Å²) in [7, 11) is 1.39. The van der Waals surface area contributed by atoms with Crippen LogP contribution in [0.3, 0.4) is 0 Å². The Morgan fingerprint density at radius 2 is 1.88 bits per heavy atom. The molecule has 1 aliphatic heterocycles. The predicted octanol–water partition coefficient (Wildman–Crippen LogP) is -1.46. The van der Waals surface area contributed by atoms with Crippen LogP contribution in [0.25, 0.3) is 0 Å². The van der Waals surface area contributed by atoms with Gasteiger partial charge in [0.15, 0.2) is 0 Å². The number of benzene rings is 1. The molecule has 174 valence electrons. The zero-order valence-corrected chi connectivity index (χ0v) is 17.9.